The summed E-state index contributed by atoms with van der Waals surface area (Å²) in [5, 5.41) is 7.42. The van der Waals surface area contributed by atoms with E-state index in [4.69, 9.17) is 9.90 Å². The molecule has 0 radical (unpaired) electrons. The number of hydrogen-bond acceptors (Lipinski definition) is 3. The van der Waals surface area contributed by atoms with Crippen molar-refractivity contribution in [2.45, 2.75) is 20.8 Å². The molecule has 0 saturated carbocycles. The fraction of sp³-hybridized carbons (Fsp3) is 0.429. The number of allylic oxidation sites excluding steroid dienone is 1. The minimum Gasteiger partial charge on any atom is -0.481 e. The molecule has 0 aliphatic heterocycles. The van der Waals surface area contributed by atoms with E-state index < -0.39 is 5.97 Å². The van der Waals surface area contributed by atoms with Gasteiger partial charge < -0.3 is 9.84 Å². The van der Waals surface area contributed by atoms with Gasteiger partial charge in [-0.2, -0.15) is 0 Å². The van der Waals surface area contributed by atoms with E-state index in [0.29, 0.717) is 5.76 Å². The maximum atomic E-state index is 9.97. The van der Waals surface area contributed by atoms with E-state index in [1.807, 2.05) is 0 Å². The lowest BCUT2D eigenvalue weighted by Gasteiger charge is -1.93. The lowest BCUT2D eigenvalue weighted by molar-refractivity contribution is -0.137. The molecule has 0 heterocycles. The molecular weight excluding hydrogens is 148 g/mol. The van der Waals surface area contributed by atoms with Crippen molar-refractivity contribution in [2.24, 2.45) is 0 Å². The summed E-state index contributed by atoms with van der Waals surface area (Å²) in [5.74, 6) is -0.708. The Labute approximate surface area is 65.5 Å². The van der Waals surface area contributed by atoms with E-state index in [9.17, 15) is 4.79 Å². The average molecular weight is 160 g/mol. The minimum absolute atomic E-state index is 0.312. The fourth-order valence-corrected chi connectivity index (χ4v) is 0.245. The van der Waals surface area contributed by atoms with E-state index in [1.165, 1.54) is 6.92 Å². The number of carbonyl (C=O) groups is 2. The van der Waals surface area contributed by atoms with E-state index >= 15 is 0 Å². The number of carbonyl (C=O) groups excluding carboxylic acids is 1. The molecule has 0 aliphatic rings. The molecule has 0 aliphatic carbocycles. The molecule has 0 aromatic carbocycles. The predicted molar refractivity (Wildman–Crippen MR) is 39.9 cm³/mol. The molecule has 11 heavy (non-hydrogen) atoms. The van der Waals surface area contributed by atoms with Crippen molar-refractivity contribution >= 4 is 11.9 Å². The lowest BCUT2D eigenvalue weighted by Crippen LogP contribution is -1.93. The van der Waals surface area contributed by atoms with Crippen molar-refractivity contribution in [3.8, 4) is 0 Å². The van der Waals surface area contributed by atoms with Crippen LogP contribution in [-0.2, 0) is 14.3 Å². The standard InChI is InChI=1S/C5H8O2.C2H4O2/c1-4(2)7-5(3)6;1-2(3)4/h1H2,2-3H3;1H3,(H,3,4). The molecular formula is C7H12O4. The zero-order valence-corrected chi connectivity index (χ0v) is 6.88. The molecule has 0 amide bonds. The Hall–Kier alpha value is -1.32. The van der Waals surface area contributed by atoms with Gasteiger partial charge in [-0.1, -0.05) is 6.58 Å². The van der Waals surface area contributed by atoms with Gasteiger partial charge in [-0.05, 0) is 6.92 Å². The van der Waals surface area contributed by atoms with Crippen LogP contribution in [0.25, 0.3) is 0 Å². The van der Waals surface area contributed by atoms with Crippen LogP contribution in [0.3, 0.4) is 0 Å². The summed E-state index contributed by atoms with van der Waals surface area (Å²) < 4.78 is 4.42. The van der Waals surface area contributed by atoms with Crippen LogP contribution in [-0.4, -0.2) is 17.0 Å². The lowest BCUT2D eigenvalue weighted by atomic mass is 10.6. The Morgan fingerprint density at radius 1 is 1.27 bits per heavy atom. The van der Waals surface area contributed by atoms with Crippen LogP contribution in [0.4, 0.5) is 0 Å². The third-order valence-corrected chi connectivity index (χ3v) is 0.318. The third kappa shape index (κ3) is 53.9. The van der Waals surface area contributed by atoms with Crippen LogP contribution in [0.15, 0.2) is 12.3 Å². The smallest absolute Gasteiger partial charge is 0.307 e. The van der Waals surface area contributed by atoms with E-state index in [1.54, 1.807) is 6.92 Å². The van der Waals surface area contributed by atoms with E-state index in [2.05, 4.69) is 11.3 Å². The molecule has 0 aromatic heterocycles. The highest BCUT2D eigenvalue weighted by atomic mass is 16.5. The maximum absolute atomic E-state index is 9.97. The van der Waals surface area contributed by atoms with Gasteiger partial charge in [0.1, 0.15) is 0 Å². The second-order valence-electron chi connectivity index (χ2n) is 1.81. The van der Waals surface area contributed by atoms with Crippen molar-refractivity contribution in [1.82, 2.24) is 0 Å². The quantitative estimate of drug-likeness (QED) is 0.462. The average Bonchev–Trinajstić information content (AvgIpc) is 1.56. The Balaban J connectivity index is 0. The number of esters is 1. The predicted octanol–water partition coefficient (Wildman–Crippen LogP) is 1.17. The Morgan fingerprint density at radius 2 is 1.55 bits per heavy atom. The molecule has 64 valence electrons. The highest BCUT2D eigenvalue weighted by Gasteiger charge is 1.87. The summed E-state index contributed by atoms with van der Waals surface area (Å²) in [5.41, 5.74) is 0. The normalized spacial score (nSPS) is 7.18. The molecule has 0 saturated heterocycles. The zero-order valence-electron chi connectivity index (χ0n) is 6.88. The van der Waals surface area contributed by atoms with Crippen LogP contribution in [0.2, 0.25) is 0 Å². The first-order valence-electron chi connectivity index (χ1n) is 2.89. The molecule has 0 fully saturated rings. The molecule has 0 aromatic rings. The fourth-order valence-electron chi connectivity index (χ4n) is 0.245. The summed E-state index contributed by atoms with van der Waals surface area (Å²) in [6, 6.07) is 0. The summed E-state index contributed by atoms with van der Waals surface area (Å²) in [6.45, 7) is 7.40. The molecule has 0 rings (SSSR count). The van der Waals surface area contributed by atoms with E-state index in [-0.39, 0.29) is 5.97 Å². The van der Waals surface area contributed by atoms with Crippen LogP contribution in [0.5, 0.6) is 0 Å². The van der Waals surface area contributed by atoms with Gasteiger partial charge in [0.15, 0.2) is 0 Å². The summed E-state index contributed by atoms with van der Waals surface area (Å²) in [6.07, 6.45) is 0. The first-order valence-corrected chi connectivity index (χ1v) is 2.89. The number of ether oxygens (including phenoxy) is 1. The van der Waals surface area contributed by atoms with Gasteiger partial charge in [0.25, 0.3) is 5.97 Å². The summed E-state index contributed by atoms with van der Waals surface area (Å²) in [7, 11) is 0. The van der Waals surface area contributed by atoms with Crippen molar-refractivity contribution in [3.05, 3.63) is 12.3 Å². The van der Waals surface area contributed by atoms with Crippen LogP contribution < -0.4 is 0 Å². The second kappa shape index (κ2) is 6.80. The van der Waals surface area contributed by atoms with Gasteiger partial charge in [0.2, 0.25) is 0 Å². The van der Waals surface area contributed by atoms with E-state index in [0.717, 1.165) is 6.92 Å². The first-order chi connectivity index (χ1) is 4.86. The molecule has 4 nitrogen and oxygen atoms in total. The monoisotopic (exact) mass is 160 g/mol. The maximum Gasteiger partial charge on any atom is 0.307 e. The Bertz CT molecular complexity index is 144. The Kier molecular flexibility index (Phi) is 7.64. The minimum atomic E-state index is -0.833. The number of aliphatic carboxylic acids is 1. The highest BCUT2D eigenvalue weighted by Crippen LogP contribution is 1.87. The molecule has 0 bridgehead atoms. The molecule has 0 atom stereocenters. The van der Waals surface area contributed by atoms with Gasteiger partial charge in [0, 0.05) is 13.8 Å². The number of rotatable bonds is 1. The van der Waals surface area contributed by atoms with Crippen molar-refractivity contribution in [1.29, 1.82) is 0 Å². The van der Waals surface area contributed by atoms with Crippen molar-refractivity contribution in [2.75, 3.05) is 0 Å². The number of hydrogen-bond donors (Lipinski definition) is 1. The van der Waals surface area contributed by atoms with Gasteiger partial charge in [-0.15, -0.1) is 0 Å². The summed E-state index contributed by atoms with van der Waals surface area (Å²) in [4.78, 5) is 19.0. The summed E-state index contributed by atoms with van der Waals surface area (Å²) >= 11 is 0. The van der Waals surface area contributed by atoms with Crippen molar-refractivity contribution in [3.63, 3.8) is 0 Å². The van der Waals surface area contributed by atoms with Crippen LogP contribution in [0.1, 0.15) is 20.8 Å². The van der Waals surface area contributed by atoms with Gasteiger partial charge >= 0.3 is 5.97 Å². The highest BCUT2D eigenvalue weighted by molar-refractivity contribution is 5.67. The number of carboxylic acid groups (broad SMARTS) is 1. The second-order valence-corrected chi connectivity index (χ2v) is 1.81. The van der Waals surface area contributed by atoms with Crippen LogP contribution >= 0.6 is 0 Å². The molecule has 4 heteroatoms. The zero-order chi connectivity index (χ0) is 9.44. The Morgan fingerprint density at radius 3 is 1.55 bits per heavy atom. The van der Waals surface area contributed by atoms with Crippen molar-refractivity contribution < 1.29 is 19.4 Å². The molecule has 0 spiro atoms. The third-order valence-electron chi connectivity index (χ3n) is 0.318. The van der Waals surface area contributed by atoms with Gasteiger partial charge in [-0.3, -0.25) is 9.59 Å². The SMILES string of the molecule is C=C(C)OC(C)=O.CC(=O)O. The van der Waals surface area contributed by atoms with Crippen LogP contribution in [0, 0.1) is 0 Å². The van der Waals surface area contributed by atoms with Gasteiger partial charge in [-0.25, -0.2) is 0 Å². The number of carboxylic acids is 1. The molecule has 0 unspecified atom stereocenters. The van der Waals surface area contributed by atoms with Gasteiger partial charge in [0.05, 0.1) is 5.76 Å². The first kappa shape index (κ1) is 12.4. The topological polar surface area (TPSA) is 63.6 Å². The molecule has 1 N–H and O–H groups in total. The largest absolute Gasteiger partial charge is 0.481 e.